The number of aromatic nitrogens is 1. The molecule has 0 bridgehead atoms. The van der Waals surface area contributed by atoms with Gasteiger partial charge >= 0.3 is 0 Å². The highest BCUT2D eigenvalue weighted by Crippen LogP contribution is 2.28. The van der Waals surface area contributed by atoms with Crippen LogP contribution >= 0.6 is 0 Å². The standard InChI is InChI=1S/C18H21N3O/c1-2-16(11-19-6-1)17-12-20-7-8-21(17)13-14-3-4-18-15(10-14)5-9-22-18/h1-4,6,10-11,17,20H,5,7-9,12-13H2. The summed E-state index contributed by atoms with van der Waals surface area (Å²) in [4.78, 5) is 6.82. The van der Waals surface area contributed by atoms with Crippen LogP contribution in [0.3, 0.4) is 0 Å². The van der Waals surface area contributed by atoms with E-state index in [2.05, 4.69) is 39.5 Å². The van der Waals surface area contributed by atoms with Crippen molar-refractivity contribution in [3.05, 3.63) is 59.4 Å². The van der Waals surface area contributed by atoms with Gasteiger partial charge < -0.3 is 10.1 Å². The van der Waals surface area contributed by atoms with Gasteiger partial charge in [0.15, 0.2) is 0 Å². The number of ether oxygens (including phenoxy) is 1. The Labute approximate surface area is 131 Å². The fourth-order valence-electron chi connectivity index (χ4n) is 3.41. The van der Waals surface area contributed by atoms with Crippen LogP contribution in [0.1, 0.15) is 22.7 Å². The lowest BCUT2D eigenvalue weighted by atomic mass is 10.0. The molecule has 0 amide bonds. The molecule has 1 N–H and O–H groups in total. The number of fused-ring (bicyclic) bond motifs is 1. The summed E-state index contributed by atoms with van der Waals surface area (Å²) in [6.45, 7) is 4.90. The van der Waals surface area contributed by atoms with Gasteiger partial charge in [-0.25, -0.2) is 0 Å². The highest BCUT2D eigenvalue weighted by atomic mass is 16.5. The van der Waals surface area contributed by atoms with E-state index < -0.39 is 0 Å². The first kappa shape index (κ1) is 13.7. The maximum absolute atomic E-state index is 5.60. The number of nitrogens with one attached hydrogen (secondary N) is 1. The largest absolute Gasteiger partial charge is 0.493 e. The maximum Gasteiger partial charge on any atom is 0.122 e. The van der Waals surface area contributed by atoms with Gasteiger partial charge in [0.25, 0.3) is 0 Å². The van der Waals surface area contributed by atoms with E-state index in [0.29, 0.717) is 6.04 Å². The molecule has 1 saturated heterocycles. The Morgan fingerprint density at radius 1 is 1.32 bits per heavy atom. The predicted molar refractivity (Wildman–Crippen MR) is 85.9 cm³/mol. The molecule has 1 fully saturated rings. The smallest absolute Gasteiger partial charge is 0.122 e. The lowest BCUT2D eigenvalue weighted by Crippen LogP contribution is -2.45. The third-order valence-electron chi connectivity index (χ3n) is 4.56. The van der Waals surface area contributed by atoms with Crippen LogP contribution in [0.25, 0.3) is 0 Å². The first-order valence-corrected chi connectivity index (χ1v) is 7.99. The molecule has 3 heterocycles. The molecule has 0 aliphatic carbocycles. The molecule has 1 aromatic heterocycles. The van der Waals surface area contributed by atoms with Gasteiger partial charge in [-0.15, -0.1) is 0 Å². The van der Waals surface area contributed by atoms with Crippen molar-refractivity contribution in [2.45, 2.75) is 19.0 Å². The third-order valence-corrected chi connectivity index (χ3v) is 4.56. The number of pyridine rings is 1. The Bertz CT molecular complexity index is 644. The van der Waals surface area contributed by atoms with Crippen molar-refractivity contribution in [3.63, 3.8) is 0 Å². The summed E-state index contributed by atoms with van der Waals surface area (Å²) in [6.07, 6.45) is 4.86. The third kappa shape index (κ3) is 2.72. The van der Waals surface area contributed by atoms with Crippen molar-refractivity contribution in [1.29, 1.82) is 0 Å². The van der Waals surface area contributed by atoms with E-state index in [0.717, 1.165) is 45.0 Å². The summed E-state index contributed by atoms with van der Waals surface area (Å²) in [6, 6.07) is 11.2. The van der Waals surface area contributed by atoms with Gasteiger partial charge in [-0.05, 0) is 28.8 Å². The minimum absolute atomic E-state index is 0.395. The zero-order chi connectivity index (χ0) is 14.8. The van der Waals surface area contributed by atoms with Crippen LogP contribution in [0.2, 0.25) is 0 Å². The minimum Gasteiger partial charge on any atom is -0.493 e. The molecule has 22 heavy (non-hydrogen) atoms. The number of hydrogen-bond donors (Lipinski definition) is 1. The molecular formula is C18H21N3O. The second kappa shape index (κ2) is 6.07. The fraction of sp³-hybridized carbons (Fsp3) is 0.389. The zero-order valence-corrected chi connectivity index (χ0v) is 12.7. The second-order valence-electron chi connectivity index (χ2n) is 6.02. The van der Waals surface area contributed by atoms with Crippen LogP contribution in [-0.4, -0.2) is 36.1 Å². The van der Waals surface area contributed by atoms with Crippen molar-refractivity contribution < 1.29 is 4.74 Å². The first-order valence-electron chi connectivity index (χ1n) is 7.99. The Morgan fingerprint density at radius 3 is 3.23 bits per heavy atom. The van der Waals surface area contributed by atoms with Gasteiger partial charge in [0.05, 0.1) is 6.61 Å². The van der Waals surface area contributed by atoms with Crippen molar-refractivity contribution >= 4 is 0 Å². The molecule has 1 aromatic carbocycles. The van der Waals surface area contributed by atoms with Crippen LogP contribution in [0.4, 0.5) is 0 Å². The van der Waals surface area contributed by atoms with Gasteiger partial charge in [0.2, 0.25) is 0 Å². The van der Waals surface area contributed by atoms with E-state index in [9.17, 15) is 0 Å². The number of nitrogens with zero attached hydrogens (tertiary/aromatic N) is 2. The van der Waals surface area contributed by atoms with Crippen molar-refractivity contribution in [3.8, 4) is 5.75 Å². The van der Waals surface area contributed by atoms with Gasteiger partial charge in [0, 0.05) is 51.0 Å². The van der Waals surface area contributed by atoms with Gasteiger partial charge in [-0.1, -0.05) is 18.2 Å². The van der Waals surface area contributed by atoms with E-state index >= 15 is 0 Å². The molecule has 0 spiro atoms. The van der Waals surface area contributed by atoms with Crippen LogP contribution in [0, 0.1) is 0 Å². The van der Waals surface area contributed by atoms with Crippen LogP contribution < -0.4 is 10.1 Å². The summed E-state index contributed by atoms with van der Waals surface area (Å²) in [5.41, 5.74) is 4.02. The van der Waals surface area contributed by atoms with E-state index in [4.69, 9.17) is 4.74 Å². The lowest BCUT2D eigenvalue weighted by molar-refractivity contribution is 0.153. The summed E-state index contributed by atoms with van der Waals surface area (Å²) >= 11 is 0. The Kier molecular flexibility index (Phi) is 3.79. The molecule has 2 aliphatic heterocycles. The van der Waals surface area contributed by atoms with Crippen LogP contribution in [0.15, 0.2) is 42.7 Å². The quantitative estimate of drug-likeness (QED) is 0.941. The zero-order valence-electron chi connectivity index (χ0n) is 12.7. The molecule has 2 aliphatic rings. The molecule has 1 unspecified atom stereocenters. The average molecular weight is 295 g/mol. The van der Waals surface area contributed by atoms with E-state index in [-0.39, 0.29) is 0 Å². The molecule has 0 saturated carbocycles. The normalized spacial score (nSPS) is 21.4. The molecule has 4 rings (SSSR count). The predicted octanol–water partition coefficient (Wildman–Crippen LogP) is 2.16. The molecule has 0 radical (unpaired) electrons. The van der Waals surface area contributed by atoms with Gasteiger partial charge in [-0.3, -0.25) is 9.88 Å². The lowest BCUT2D eigenvalue weighted by Gasteiger charge is -2.36. The number of benzene rings is 1. The monoisotopic (exact) mass is 295 g/mol. The van der Waals surface area contributed by atoms with Crippen LogP contribution in [-0.2, 0) is 13.0 Å². The highest BCUT2D eigenvalue weighted by molar-refractivity contribution is 5.39. The summed E-state index contributed by atoms with van der Waals surface area (Å²) < 4.78 is 5.60. The molecular weight excluding hydrogens is 274 g/mol. The second-order valence-corrected chi connectivity index (χ2v) is 6.02. The van der Waals surface area contributed by atoms with Gasteiger partial charge in [-0.2, -0.15) is 0 Å². The van der Waals surface area contributed by atoms with Gasteiger partial charge in [0.1, 0.15) is 5.75 Å². The Hall–Kier alpha value is -1.91. The summed E-state index contributed by atoms with van der Waals surface area (Å²) in [5.74, 6) is 1.06. The van der Waals surface area contributed by atoms with E-state index in [1.807, 2.05) is 18.5 Å². The van der Waals surface area contributed by atoms with E-state index in [1.165, 1.54) is 16.7 Å². The Balaban J connectivity index is 1.55. The SMILES string of the molecule is c1cncc(C2CNCCN2Cc2ccc3c(c2)CCO3)c1. The van der Waals surface area contributed by atoms with Crippen LogP contribution in [0.5, 0.6) is 5.75 Å². The van der Waals surface area contributed by atoms with E-state index in [1.54, 1.807) is 0 Å². The van der Waals surface area contributed by atoms with Crippen molar-refractivity contribution in [1.82, 2.24) is 15.2 Å². The Morgan fingerprint density at radius 2 is 2.32 bits per heavy atom. The summed E-state index contributed by atoms with van der Waals surface area (Å²) in [5, 5.41) is 3.50. The fourth-order valence-corrected chi connectivity index (χ4v) is 3.41. The van der Waals surface area contributed by atoms with Crippen molar-refractivity contribution in [2.75, 3.05) is 26.2 Å². The molecule has 4 heteroatoms. The maximum atomic E-state index is 5.60. The molecule has 2 aromatic rings. The molecule has 114 valence electrons. The number of rotatable bonds is 3. The molecule has 1 atom stereocenters. The minimum atomic E-state index is 0.395. The number of piperazine rings is 1. The first-order chi connectivity index (χ1) is 10.9. The highest BCUT2D eigenvalue weighted by Gasteiger charge is 2.24. The van der Waals surface area contributed by atoms with Crippen molar-refractivity contribution in [2.24, 2.45) is 0 Å². The number of hydrogen-bond acceptors (Lipinski definition) is 4. The molecule has 4 nitrogen and oxygen atoms in total. The summed E-state index contributed by atoms with van der Waals surface area (Å²) in [7, 11) is 0. The average Bonchev–Trinajstić information content (AvgIpc) is 3.04. The topological polar surface area (TPSA) is 37.4 Å².